The maximum Gasteiger partial charge on any atom is 0.0700 e. The molecule has 200 valence electrons. The standard InChI is InChI=1S/C16H26O2.7C2H6/c1-3-15(16-10-5-4-6-11-16)9-7-8-12-18-14-13-17-2;7*1-2/h4-6,10-11,15H,3,7-9,12-14H2,1-2H3;7*1-2H3. The van der Waals surface area contributed by atoms with Crippen LogP contribution in [0.15, 0.2) is 30.3 Å². The highest BCUT2D eigenvalue weighted by molar-refractivity contribution is 5.19. The normalized spacial score (nSPS) is 8.38. The third-order valence-electron chi connectivity index (χ3n) is 3.29. The lowest BCUT2D eigenvalue weighted by molar-refractivity contribution is 0.0684. The van der Waals surface area contributed by atoms with Crippen molar-refractivity contribution in [2.24, 2.45) is 0 Å². The molecule has 0 heterocycles. The second-order valence-corrected chi connectivity index (χ2v) is 4.62. The molecule has 0 radical (unpaired) electrons. The highest BCUT2D eigenvalue weighted by Crippen LogP contribution is 2.24. The van der Waals surface area contributed by atoms with Crippen molar-refractivity contribution in [1.82, 2.24) is 0 Å². The Morgan fingerprint density at radius 1 is 0.594 bits per heavy atom. The Balaban J connectivity index is -0.0000000760. The second-order valence-electron chi connectivity index (χ2n) is 4.62. The zero-order valence-electron chi connectivity index (χ0n) is 25.7. The van der Waals surface area contributed by atoms with Gasteiger partial charge in [0.1, 0.15) is 0 Å². The Morgan fingerprint density at radius 2 is 1.03 bits per heavy atom. The molecule has 1 unspecified atom stereocenters. The zero-order valence-corrected chi connectivity index (χ0v) is 25.7. The van der Waals surface area contributed by atoms with Crippen LogP contribution in [0.1, 0.15) is 141 Å². The number of hydrogen-bond donors (Lipinski definition) is 0. The van der Waals surface area contributed by atoms with Gasteiger partial charge in [-0.3, -0.25) is 0 Å². The number of methoxy groups -OCH3 is 1. The molecule has 32 heavy (non-hydrogen) atoms. The number of unbranched alkanes of at least 4 members (excludes halogenated alkanes) is 1. The third kappa shape index (κ3) is 47.1. The second kappa shape index (κ2) is 69.9. The van der Waals surface area contributed by atoms with Gasteiger partial charge in [-0.1, -0.05) is 141 Å². The van der Waals surface area contributed by atoms with Crippen LogP contribution in [-0.2, 0) is 9.47 Å². The molecule has 0 fully saturated rings. The van der Waals surface area contributed by atoms with E-state index in [2.05, 4.69) is 37.3 Å². The van der Waals surface area contributed by atoms with E-state index < -0.39 is 0 Å². The molecular weight excluding hydrogens is 392 g/mol. The van der Waals surface area contributed by atoms with Gasteiger partial charge < -0.3 is 9.47 Å². The lowest BCUT2D eigenvalue weighted by atomic mass is 9.91. The largest absolute Gasteiger partial charge is 0.382 e. The van der Waals surface area contributed by atoms with Crippen LogP contribution < -0.4 is 0 Å². The highest BCUT2D eigenvalue weighted by atomic mass is 16.5. The fourth-order valence-electron chi connectivity index (χ4n) is 2.17. The SMILES string of the molecule is CC.CC.CC.CC.CC.CC.CC.CCC(CCCCOCCOC)c1ccccc1. The lowest BCUT2D eigenvalue weighted by Gasteiger charge is -2.15. The van der Waals surface area contributed by atoms with E-state index >= 15 is 0 Å². The molecule has 1 aromatic rings. The molecule has 1 atom stereocenters. The first-order chi connectivity index (χ1) is 15.9. The molecule has 0 saturated carbocycles. The molecule has 0 N–H and O–H groups in total. The first kappa shape index (κ1) is 48.5. The van der Waals surface area contributed by atoms with Crippen molar-refractivity contribution in [2.45, 2.75) is 135 Å². The molecule has 0 aliphatic carbocycles. The van der Waals surface area contributed by atoms with Crippen LogP contribution in [0.3, 0.4) is 0 Å². The summed E-state index contributed by atoms with van der Waals surface area (Å²) in [5.41, 5.74) is 1.47. The Hall–Kier alpha value is -0.860. The summed E-state index contributed by atoms with van der Waals surface area (Å²) in [4.78, 5) is 0. The van der Waals surface area contributed by atoms with Gasteiger partial charge in [0, 0.05) is 13.7 Å². The van der Waals surface area contributed by atoms with E-state index in [0.717, 1.165) is 13.0 Å². The fourth-order valence-corrected chi connectivity index (χ4v) is 2.17. The van der Waals surface area contributed by atoms with Crippen molar-refractivity contribution < 1.29 is 9.47 Å². The maximum absolute atomic E-state index is 5.47. The summed E-state index contributed by atoms with van der Waals surface area (Å²) in [6, 6.07) is 10.8. The van der Waals surface area contributed by atoms with E-state index in [9.17, 15) is 0 Å². The molecule has 2 nitrogen and oxygen atoms in total. The van der Waals surface area contributed by atoms with Gasteiger partial charge in [-0.05, 0) is 30.7 Å². The molecule has 0 amide bonds. The van der Waals surface area contributed by atoms with E-state index in [1.807, 2.05) is 96.9 Å². The molecular formula is C30H68O2. The zero-order chi connectivity index (χ0) is 27.1. The minimum Gasteiger partial charge on any atom is -0.382 e. The maximum atomic E-state index is 5.47. The van der Waals surface area contributed by atoms with Crippen molar-refractivity contribution >= 4 is 0 Å². The quantitative estimate of drug-likeness (QED) is 0.323. The van der Waals surface area contributed by atoms with Crippen LogP contribution in [0.2, 0.25) is 0 Å². The minimum absolute atomic E-state index is 0.696. The van der Waals surface area contributed by atoms with Gasteiger partial charge in [-0.25, -0.2) is 0 Å². The summed E-state index contributed by atoms with van der Waals surface area (Å²) >= 11 is 0. The summed E-state index contributed by atoms with van der Waals surface area (Å²) in [7, 11) is 1.70. The monoisotopic (exact) mass is 461 g/mol. The van der Waals surface area contributed by atoms with Gasteiger partial charge in [-0.15, -0.1) is 0 Å². The van der Waals surface area contributed by atoms with E-state index in [1.54, 1.807) is 7.11 Å². The molecule has 0 aromatic heterocycles. The average Bonchev–Trinajstić information content (AvgIpc) is 2.94. The van der Waals surface area contributed by atoms with E-state index in [0.29, 0.717) is 19.1 Å². The summed E-state index contributed by atoms with van der Waals surface area (Å²) < 4.78 is 10.4. The van der Waals surface area contributed by atoms with Crippen molar-refractivity contribution in [3.63, 3.8) is 0 Å². The molecule has 0 spiro atoms. The van der Waals surface area contributed by atoms with Gasteiger partial charge in [0.25, 0.3) is 0 Å². The van der Waals surface area contributed by atoms with E-state index in [4.69, 9.17) is 9.47 Å². The number of ether oxygens (including phenoxy) is 2. The molecule has 0 bridgehead atoms. The molecule has 0 saturated heterocycles. The van der Waals surface area contributed by atoms with Crippen LogP contribution in [-0.4, -0.2) is 26.9 Å². The van der Waals surface area contributed by atoms with Gasteiger partial charge in [-0.2, -0.15) is 0 Å². The van der Waals surface area contributed by atoms with Crippen molar-refractivity contribution in [1.29, 1.82) is 0 Å². The lowest BCUT2D eigenvalue weighted by Crippen LogP contribution is -2.04. The van der Waals surface area contributed by atoms with Gasteiger partial charge in [0.05, 0.1) is 13.2 Å². The summed E-state index contributed by atoms with van der Waals surface area (Å²) in [5.74, 6) is 0.699. The van der Waals surface area contributed by atoms with Gasteiger partial charge in [0.15, 0.2) is 0 Å². The predicted molar refractivity (Wildman–Crippen MR) is 155 cm³/mol. The summed E-state index contributed by atoms with van der Waals surface area (Å²) in [6.45, 7) is 32.5. The fraction of sp³-hybridized carbons (Fsp3) is 0.800. The Morgan fingerprint density at radius 3 is 1.41 bits per heavy atom. The van der Waals surface area contributed by atoms with Gasteiger partial charge in [0.2, 0.25) is 0 Å². The Kier molecular flexibility index (Phi) is 106. The Labute approximate surface area is 207 Å². The average molecular weight is 461 g/mol. The molecule has 1 aromatic carbocycles. The first-order valence-corrected chi connectivity index (χ1v) is 14.0. The van der Waals surface area contributed by atoms with Crippen LogP contribution >= 0.6 is 0 Å². The van der Waals surface area contributed by atoms with Crippen molar-refractivity contribution in [2.75, 3.05) is 26.9 Å². The number of hydrogen-bond acceptors (Lipinski definition) is 2. The first-order valence-electron chi connectivity index (χ1n) is 14.0. The number of rotatable bonds is 10. The highest BCUT2D eigenvalue weighted by Gasteiger charge is 2.07. The Bertz CT molecular complexity index is 286. The molecule has 0 aliphatic rings. The summed E-state index contributed by atoms with van der Waals surface area (Å²) in [5, 5.41) is 0. The van der Waals surface area contributed by atoms with Crippen molar-refractivity contribution in [3.8, 4) is 0 Å². The molecule has 1 rings (SSSR count). The third-order valence-corrected chi connectivity index (χ3v) is 3.29. The molecule has 2 heteroatoms. The van der Waals surface area contributed by atoms with Crippen molar-refractivity contribution in [3.05, 3.63) is 35.9 Å². The van der Waals surface area contributed by atoms with E-state index in [1.165, 1.54) is 24.8 Å². The summed E-state index contributed by atoms with van der Waals surface area (Å²) in [6.07, 6.45) is 4.86. The smallest absolute Gasteiger partial charge is 0.0700 e. The van der Waals surface area contributed by atoms with Crippen LogP contribution in [0.25, 0.3) is 0 Å². The van der Waals surface area contributed by atoms with E-state index in [-0.39, 0.29) is 0 Å². The topological polar surface area (TPSA) is 18.5 Å². The van der Waals surface area contributed by atoms with Crippen LogP contribution in [0.5, 0.6) is 0 Å². The van der Waals surface area contributed by atoms with Crippen LogP contribution in [0.4, 0.5) is 0 Å². The minimum atomic E-state index is 0.696. The van der Waals surface area contributed by atoms with Gasteiger partial charge >= 0.3 is 0 Å². The molecule has 0 aliphatic heterocycles. The van der Waals surface area contributed by atoms with Crippen LogP contribution in [0, 0.1) is 0 Å². The number of benzene rings is 1. The predicted octanol–water partition coefficient (Wildman–Crippen LogP) is 11.2.